The minimum absolute atomic E-state index is 0.0287. The first-order valence-corrected chi connectivity index (χ1v) is 7.18. The van der Waals surface area contributed by atoms with Gasteiger partial charge in [0.15, 0.2) is 0 Å². The highest BCUT2D eigenvalue weighted by molar-refractivity contribution is 7.89. The number of sulfonamides is 1. The molecule has 5 nitrogen and oxygen atoms in total. The highest BCUT2D eigenvalue weighted by Crippen LogP contribution is 2.29. The van der Waals surface area contributed by atoms with Gasteiger partial charge in [0.2, 0.25) is 10.0 Å². The Kier molecular flexibility index (Phi) is 3.65. The average molecular weight is 296 g/mol. The number of benzene rings is 2. The second-order valence-electron chi connectivity index (χ2n) is 4.26. The predicted octanol–water partition coefficient (Wildman–Crippen LogP) is 2.16. The van der Waals surface area contributed by atoms with E-state index in [1.165, 1.54) is 30.3 Å². The molecule has 0 aliphatic rings. The molecule has 2 rings (SSSR count). The molecule has 0 fully saturated rings. The number of aryl methyl sites for hydroxylation is 1. The first-order valence-electron chi connectivity index (χ1n) is 5.64. The molecule has 0 aliphatic heterocycles. The van der Waals surface area contributed by atoms with E-state index < -0.39 is 15.8 Å². The van der Waals surface area contributed by atoms with Crippen molar-refractivity contribution in [3.05, 3.63) is 47.8 Å². The van der Waals surface area contributed by atoms with E-state index in [1.807, 2.05) is 0 Å². The molecule has 4 N–H and O–H groups in total. The summed E-state index contributed by atoms with van der Waals surface area (Å²) in [5, 5.41) is 5.01. The lowest BCUT2D eigenvalue weighted by atomic mass is 10.2. The molecule has 106 valence electrons. The van der Waals surface area contributed by atoms with E-state index in [1.54, 1.807) is 13.0 Å². The number of primary sulfonamides is 1. The summed E-state index contributed by atoms with van der Waals surface area (Å²) >= 11 is 0. The number of hydrogen-bond donors (Lipinski definition) is 2. The number of anilines is 1. The molecule has 0 aliphatic carbocycles. The summed E-state index contributed by atoms with van der Waals surface area (Å²) < 4.78 is 41.1. The molecule has 0 atom stereocenters. The summed E-state index contributed by atoms with van der Waals surface area (Å²) in [6, 6.07) is 8.10. The molecular weight excluding hydrogens is 283 g/mol. The zero-order chi connectivity index (χ0) is 14.9. The monoisotopic (exact) mass is 296 g/mol. The number of nitrogens with two attached hydrogens (primary N) is 2. The van der Waals surface area contributed by atoms with Gasteiger partial charge in [-0.15, -0.1) is 0 Å². The van der Waals surface area contributed by atoms with Gasteiger partial charge in [0.1, 0.15) is 22.2 Å². The Morgan fingerprint density at radius 1 is 1.15 bits per heavy atom. The Morgan fingerprint density at radius 3 is 2.45 bits per heavy atom. The maximum Gasteiger partial charge on any atom is 0.240 e. The standard InChI is InChI=1S/C13H13FN2O3S/c1-8-2-3-9(14)6-12(8)19-10-4-5-13(11(15)7-10)20(16,17)18/h2-7H,15H2,1H3,(H2,16,17,18). The largest absolute Gasteiger partial charge is 0.457 e. The van der Waals surface area contributed by atoms with E-state index >= 15 is 0 Å². The van der Waals surface area contributed by atoms with Crippen LogP contribution in [0.15, 0.2) is 41.3 Å². The Morgan fingerprint density at radius 2 is 1.85 bits per heavy atom. The van der Waals surface area contributed by atoms with Gasteiger partial charge in [0.05, 0.1) is 5.69 Å². The minimum atomic E-state index is -3.88. The van der Waals surface area contributed by atoms with Crippen LogP contribution in [0.5, 0.6) is 11.5 Å². The van der Waals surface area contributed by atoms with E-state index in [0.29, 0.717) is 11.5 Å². The van der Waals surface area contributed by atoms with Crippen LogP contribution in [0.25, 0.3) is 0 Å². The summed E-state index contributed by atoms with van der Waals surface area (Å²) in [7, 11) is -3.88. The second-order valence-corrected chi connectivity index (χ2v) is 5.79. The molecule has 20 heavy (non-hydrogen) atoms. The Labute approximate surface area is 116 Å². The van der Waals surface area contributed by atoms with Crippen LogP contribution < -0.4 is 15.6 Å². The van der Waals surface area contributed by atoms with Crippen LogP contribution in [0.4, 0.5) is 10.1 Å². The van der Waals surface area contributed by atoms with Gasteiger partial charge < -0.3 is 10.5 Å². The van der Waals surface area contributed by atoms with Gasteiger partial charge in [-0.25, -0.2) is 17.9 Å². The quantitative estimate of drug-likeness (QED) is 0.848. The van der Waals surface area contributed by atoms with E-state index in [-0.39, 0.29) is 10.6 Å². The first kappa shape index (κ1) is 14.3. The highest BCUT2D eigenvalue weighted by atomic mass is 32.2. The molecule has 0 unspecified atom stereocenters. The van der Waals surface area contributed by atoms with Crippen molar-refractivity contribution in [3.63, 3.8) is 0 Å². The van der Waals surface area contributed by atoms with Gasteiger partial charge in [-0.3, -0.25) is 0 Å². The van der Waals surface area contributed by atoms with Crippen LogP contribution in [-0.4, -0.2) is 8.42 Å². The van der Waals surface area contributed by atoms with E-state index in [2.05, 4.69) is 0 Å². The summed E-state index contributed by atoms with van der Waals surface area (Å²) in [5.74, 6) is 0.191. The van der Waals surface area contributed by atoms with Gasteiger partial charge in [-0.1, -0.05) is 6.07 Å². The number of hydrogen-bond acceptors (Lipinski definition) is 4. The normalized spacial score (nSPS) is 11.3. The molecule has 2 aromatic rings. The molecule has 0 saturated carbocycles. The molecule has 0 heterocycles. The van der Waals surface area contributed by atoms with E-state index in [9.17, 15) is 12.8 Å². The molecule has 0 bridgehead atoms. The third-order valence-corrected chi connectivity index (χ3v) is 3.65. The molecule has 0 saturated heterocycles. The molecule has 0 spiro atoms. The number of ether oxygens (including phenoxy) is 1. The molecule has 0 aromatic heterocycles. The van der Waals surface area contributed by atoms with Crippen molar-refractivity contribution in [2.24, 2.45) is 5.14 Å². The Hall–Kier alpha value is -2.12. The fourth-order valence-corrected chi connectivity index (χ4v) is 2.31. The van der Waals surface area contributed by atoms with Gasteiger partial charge in [-0.2, -0.15) is 0 Å². The third-order valence-electron chi connectivity index (χ3n) is 2.67. The lowest BCUT2D eigenvalue weighted by Gasteiger charge is -2.10. The highest BCUT2D eigenvalue weighted by Gasteiger charge is 2.13. The Balaban J connectivity index is 2.36. The Bertz CT molecular complexity index is 760. The average Bonchev–Trinajstić information content (AvgIpc) is 2.32. The lowest BCUT2D eigenvalue weighted by Crippen LogP contribution is -2.14. The SMILES string of the molecule is Cc1ccc(F)cc1Oc1ccc(S(N)(=O)=O)c(N)c1. The van der Waals surface area contributed by atoms with Gasteiger partial charge in [0.25, 0.3) is 0 Å². The fourth-order valence-electron chi connectivity index (χ4n) is 1.66. The molecule has 2 aromatic carbocycles. The molecule has 7 heteroatoms. The smallest absolute Gasteiger partial charge is 0.240 e. The van der Waals surface area contributed by atoms with E-state index in [0.717, 1.165) is 5.56 Å². The minimum Gasteiger partial charge on any atom is -0.457 e. The van der Waals surface area contributed by atoms with E-state index in [4.69, 9.17) is 15.6 Å². The van der Waals surface area contributed by atoms with Gasteiger partial charge >= 0.3 is 0 Å². The molecule has 0 radical (unpaired) electrons. The summed E-state index contributed by atoms with van der Waals surface area (Å²) in [6.07, 6.45) is 0. The number of nitrogen functional groups attached to an aromatic ring is 1. The molecular formula is C13H13FN2O3S. The van der Waals surface area contributed by atoms with Crippen molar-refractivity contribution >= 4 is 15.7 Å². The number of halogens is 1. The van der Waals surface area contributed by atoms with Crippen molar-refractivity contribution in [1.29, 1.82) is 0 Å². The first-order chi connectivity index (χ1) is 9.27. The van der Waals surface area contributed by atoms with Gasteiger partial charge in [0, 0.05) is 12.1 Å². The van der Waals surface area contributed by atoms with Crippen LogP contribution in [-0.2, 0) is 10.0 Å². The summed E-state index contributed by atoms with van der Waals surface area (Å²) in [6.45, 7) is 1.76. The van der Waals surface area contributed by atoms with Crippen molar-refractivity contribution < 1.29 is 17.5 Å². The van der Waals surface area contributed by atoms with Crippen molar-refractivity contribution in [2.75, 3.05) is 5.73 Å². The van der Waals surface area contributed by atoms with Crippen LogP contribution in [0.1, 0.15) is 5.56 Å². The zero-order valence-corrected chi connectivity index (χ0v) is 11.4. The van der Waals surface area contributed by atoms with Gasteiger partial charge in [-0.05, 0) is 30.7 Å². The maximum absolute atomic E-state index is 13.1. The predicted molar refractivity (Wildman–Crippen MR) is 73.4 cm³/mol. The van der Waals surface area contributed by atoms with Crippen LogP contribution >= 0.6 is 0 Å². The maximum atomic E-state index is 13.1. The van der Waals surface area contributed by atoms with Crippen molar-refractivity contribution in [1.82, 2.24) is 0 Å². The number of rotatable bonds is 3. The van der Waals surface area contributed by atoms with Crippen LogP contribution in [0.3, 0.4) is 0 Å². The topological polar surface area (TPSA) is 95.4 Å². The third kappa shape index (κ3) is 3.06. The van der Waals surface area contributed by atoms with Crippen molar-refractivity contribution in [3.8, 4) is 11.5 Å². The summed E-state index contributed by atoms with van der Waals surface area (Å²) in [4.78, 5) is -0.180. The van der Waals surface area contributed by atoms with Crippen molar-refractivity contribution in [2.45, 2.75) is 11.8 Å². The fraction of sp³-hybridized carbons (Fsp3) is 0.0769. The second kappa shape index (κ2) is 5.10. The summed E-state index contributed by atoms with van der Waals surface area (Å²) in [5.41, 5.74) is 6.32. The zero-order valence-electron chi connectivity index (χ0n) is 10.6. The lowest BCUT2D eigenvalue weighted by molar-refractivity contribution is 0.473. The van der Waals surface area contributed by atoms with Crippen LogP contribution in [0, 0.1) is 12.7 Å². The molecule has 0 amide bonds. The van der Waals surface area contributed by atoms with Crippen LogP contribution in [0.2, 0.25) is 0 Å².